The molecule has 0 atom stereocenters. The number of alkyl halides is 3. The number of hydrogen-bond acceptors (Lipinski definition) is 2. The van der Waals surface area contributed by atoms with E-state index in [1.807, 2.05) is 0 Å². The molecule has 0 aliphatic rings. The van der Waals surface area contributed by atoms with Gasteiger partial charge in [0.05, 0.1) is 5.56 Å². The lowest BCUT2D eigenvalue weighted by Crippen LogP contribution is -2.10. The molecule has 15 heavy (non-hydrogen) atoms. The van der Waals surface area contributed by atoms with Crippen LogP contribution in [-0.4, -0.2) is 11.5 Å². The second-order valence-corrected chi connectivity index (χ2v) is 3.06. The van der Waals surface area contributed by atoms with Crippen LogP contribution in [0, 0.1) is 0 Å². The highest BCUT2D eigenvalue weighted by molar-refractivity contribution is 5.66. The molecule has 0 aliphatic carbocycles. The van der Waals surface area contributed by atoms with Gasteiger partial charge in [0.15, 0.2) is 0 Å². The van der Waals surface area contributed by atoms with Crippen molar-refractivity contribution in [2.45, 2.75) is 12.6 Å². The zero-order valence-corrected chi connectivity index (χ0v) is 8.01. The number of halogens is 3. The first-order valence-electron chi connectivity index (χ1n) is 4.36. The number of aromatic nitrogens is 1. The fourth-order valence-corrected chi connectivity index (χ4v) is 1.24. The van der Waals surface area contributed by atoms with Gasteiger partial charge in [0.1, 0.15) is 0 Å². The van der Waals surface area contributed by atoms with Gasteiger partial charge in [-0.3, -0.25) is 4.98 Å². The summed E-state index contributed by atoms with van der Waals surface area (Å²) in [6.45, 7) is 3.86. The van der Waals surface area contributed by atoms with Gasteiger partial charge in [-0.25, -0.2) is 0 Å². The molecule has 2 nitrogen and oxygen atoms in total. The average Bonchev–Trinajstić information content (AvgIpc) is 2.17. The van der Waals surface area contributed by atoms with Crippen molar-refractivity contribution < 1.29 is 13.2 Å². The maximum atomic E-state index is 12.5. The summed E-state index contributed by atoms with van der Waals surface area (Å²) in [5, 5.41) is 0. The van der Waals surface area contributed by atoms with Crippen molar-refractivity contribution in [2.24, 2.45) is 5.73 Å². The molecule has 2 N–H and O–H groups in total. The van der Waals surface area contributed by atoms with Gasteiger partial charge in [-0.05, 0) is 30.2 Å². The molecule has 0 saturated heterocycles. The van der Waals surface area contributed by atoms with Gasteiger partial charge in [0.2, 0.25) is 0 Å². The topological polar surface area (TPSA) is 38.9 Å². The fourth-order valence-electron chi connectivity index (χ4n) is 1.24. The van der Waals surface area contributed by atoms with Crippen molar-refractivity contribution >= 4 is 5.57 Å². The standard InChI is InChI=1S/C10H11F3N2/c1-7(2-4-14)8-3-5-15-6-9(8)10(11,12)13/h3,5-6H,1-2,4,14H2. The summed E-state index contributed by atoms with van der Waals surface area (Å²) in [6, 6.07) is 1.31. The van der Waals surface area contributed by atoms with Crippen LogP contribution in [0.3, 0.4) is 0 Å². The molecule has 0 bridgehead atoms. The van der Waals surface area contributed by atoms with E-state index in [1.165, 1.54) is 12.3 Å². The maximum absolute atomic E-state index is 12.5. The van der Waals surface area contributed by atoms with Crippen LogP contribution in [0.4, 0.5) is 13.2 Å². The van der Waals surface area contributed by atoms with Gasteiger partial charge in [-0.1, -0.05) is 6.58 Å². The Morgan fingerprint density at radius 3 is 2.67 bits per heavy atom. The second kappa shape index (κ2) is 4.44. The number of nitrogens with zero attached hydrogens (tertiary/aromatic N) is 1. The summed E-state index contributed by atoms with van der Waals surface area (Å²) < 4.78 is 37.6. The van der Waals surface area contributed by atoms with Crippen LogP contribution >= 0.6 is 0 Å². The van der Waals surface area contributed by atoms with E-state index in [9.17, 15) is 13.2 Å². The fraction of sp³-hybridized carbons (Fsp3) is 0.300. The van der Waals surface area contributed by atoms with Crippen molar-refractivity contribution in [1.82, 2.24) is 4.98 Å². The molecule has 1 heterocycles. The van der Waals surface area contributed by atoms with E-state index in [4.69, 9.17) is 5.73 Å². The molecular weight excluding hydrogens is 205 g/mol. The maximum Gasteiger partial charge on any atom is 0.418 e. The molecule has 5 heteroatoms. The highest BCUT2D eigenvalue weighted by Crippen LogP contribution is 2.34. The Bertz CT molecular complexity index is 358. The summed E-state index contributed by atoms with van der Waals surface area (Å²) in [5.41, 5.74) is 4.96. The van der Waals surface area contributed by atoms with Gasteiger partial charge in [0.25, 0.3) is 0 Å². The predicted molar refractivity (Wildman–Crippen MR) is 51.9 cm³/mol. The highest BCUT2D eigenvalue weighted by atomic mass is 19.4. The van der Waals surface area contributed by atoms with Gasteiger partial charge in [0, 0.05) is 12.4 Å². The number of nitrogens with two attached hydrogens (primary N) is 1. The first-order valence-corrected chi connectivity index (χ1v) is 4.36. The quantitative estimate of drug-likeness (QED) is 0.842. The Hall–Kier alpha value is -1.36. The molecule has 0 aromatic carbocycles. The first-order chi connectivity index (χ1) is 6.96. The summed E-state index contributed by atoms with van der Waals surface area (Å²) in [5.74, 6) is 0. The Balaban J connectivity index is 3.12. The lowest BCUT2D eigenvalue weighted by Gasteiger charge is -2.13. The summed E-state index contributed by atoms with van der Waals surface area (Å²) in [6.07, 6.45) is -1.95. The summed E-state index contributed by atoms with van der Waals surface area (Å²) in [7, 11) is 0. The molecule has 0 unspecified atom stereocenters. The van der Waals surface area contributed by atoms with Crippen molar-refractivity contribution in [3.8, 4) is 0 Å². The van der Waals surface area contributed by atoms with E-state index in [0.29, 0.717) is 12.0 Å². The van der Waals surface area contributed by atoms with Crippen LogP contribution in [0.15, 0.2) is 25.0 Å². The zero-order chi connectivity index (χ0) is 11.5. The SMILES string of the molecule is C=C(CCN)c1ccncc1C(F)(F)F. The van der Waals surface area contributed by atoms with E-state index in [1.54, 1.807) is 0 Å². The van der Waals surface area contributed by atoms with Crippen LogP contribution in [-0.2, 0) is 6.18 Å². The predicted octanol–water partition coefficient (Wildman–Crippen LogP) is 2.46. The zero-order valence-electron chi connectivity index (χ0n) is 8.01. The Morgan fingerprint density at radius 2 is 2.13 bits per heavy atom. The monoisotopic (exact) mass is 216 g/mol. The normalized spacial score (nSPS) is 11.5. The second-order valence-electron chi connectivity index (χ2n) is 3.06. The molecule has 0 fully saturated rings. The molecule has 1 aromatic rings. The van der Waals surface area contributed by atoms with E-state index >= 15 is 0 Å². The Kier molecular flexibility index (Phi) is 3.47. The first kappa shape index (κ1) is 11.7. The largest absolute Gasteiger partial charge is 0.418 e. The number of rotatable bonds is 3. The van der Waals surface area contributed by atoms with E-state index in [-0.39, 0.29) is 12.1 Å². The molecule has 0 aliphatic heterocycles. The van der Waals surface area contributed by atoms with E-state index in [0.717, 1.165) is 6.20 Å². The molecule has 1 aromatic heterocycles. The van der Waals surface area contributed by atoms with Crippen LogP contribution in [0.25, 0.3) is 5.57 Å². The average molecular weight is 216 g/mol. The van der Waals surface area contributed by atoms with Gasteiger partial charge >= 0.3 is 6.18 Å². The Labute approximate surface area is 85.6 Å². The van der Waals surface area contributed by atoms with Crippen LogP contribution < -0.4 is 5.73 Å². The molecule has 1 rings (SSSR count). The van der Waals surface area contributed by atoms with Crippen molar-refractivity contribution in [3.05, 3.63) is 36.2 Å². The van der Waals surface area contributed by atoms with Crippen molar-refractivity contribution in [3.63, 3.8) is 0 Å². The van der Waals surface area contributed by atoms with Crippen LogP contribution in [0.1, 0.15) is 17.5 Å². The molecule has 82 valence electrons. The summed E-state index contributed by atoms with van der Waals surface area (Å²) in [4.78, 5) is 3.46. The van der Waals surface area contributed by atoms with Crippen molar-refractivity contribution in [1.29, 1.82) is 0 Å². The third kappa shape index (κ3) is 2.79. The third-order valence-electron chi connectivity index (χ3n) is 1.95. The van der Waals surface area contributed by atoms with Gasteiger partial charge in [-0.15, -0.1) is 0 Å². The van der Waals surface area contributed by atoms with E-state index < -0.39 is 11.7 Å². The Morgan fingerprint density at radius 1 is 1.47 bits per heavy atom. The van der Waals surface area contributed by atoms with E-state index in [2.05, 4.69) is 11.6 Å². The molecule has 0 radical (unpaired) electrons. The van der Waals surface area contributed by atoms with Crippen LogP contribution in [0.2, 0.25) is 0 Å². The molecule has 0 saturated carbocycles. The minimum absolute atomic E-state index is 0.0722. The molecular formula is C10H11F3N2. The highest BCUT2D eigenvalue weighted by Gasteiger charge is 2.33. The molecule has 0 spiro atoms. The van der Waals surface area contributed by atoms with Crippen LogP contribution in [0.5, 0.6) is 0 Å². The number of pyridine rings is 1. The van der Waals surface area contributed by atoms with Gasteiger partial charge in [-0.2, -0.15) is 13.2 Å². The molecule has 0 amide bonds. The smallest absolute Gasteiger partial charge is 0.330 e. The number of hydrogen-bond donors (Lipinski definition) is 1. The lowest BCUT2D eigenvalue weighted by molar-refractivity contribution is -0.138. The third-order valence-corrected chi connectivity index (χ3v) is 1.95. The summed E-state index contributed by atoms with van der Waals surface area (Å²) >= 11 is 0. The minimum Gasteiger partial charge on any atom is -0.330 e. The van der Waals surface area contributed by atoms with Crippen molar-refractivity contribution in [2.75, 3.05) is 6.54 Å². The van der Waals surface area contributed by atoms with Gasteiger partial charge < -0.3 is 5.73 Å². The minimum atomic E-state index is -4.40. The lowest BCUT2D eigenvalue weighted by atomic mass is 10.0.